The standard InChI is InChI=1S/C25H24N4O3/c1-17-15-20(27-18(2)30)5-10-23(17)29-22(9-12-25(31)32)8-11-24(29)19-3-6-21(7-4-19)28-14-13-26-16-28/h3-8,10-11,13-16H,9,12H2,1-2H3,(H,27,30)(H,31,32). The first-order valence-electron chi connectivity index (χ1n) is 10.3. The number of aryl methyl sites for hydroxylation is 2. The summed E-state index contributed by atoms with van der Waals surface area (Å²) in [5, 5.41) is 12.0. The number of carbonyl (C=O) groups excluding carboxylic acids is 1. The third-order valence-corrected chi connectivity index (χ3v) is 5.28. The van der Waals surface area contributed by atoms with E-state index < -0.39 is 5.97 Å². The van der Waals surface area contributed by atoms with Crippen LogP contribution in [0.1, 0.15) is 24.6 Å². The molecule has 0 aliphatic rings. The number of nitrogens with one attached hydrogen (secondary N) is 1. The number of carboxylic acid groups (broad SMARTS) is 1. The summed E-state index contributed by atoms with van der Waals surface area (Å²) >= 11 is 0. The van der Waals surface area contributed by atoms with Gasteiger partial charge >= 0.3 is 5.97 Å². The quantitative estimate of drug-likeness (QED) is 0.450. The van der Waals surface area contributed by atoms with Crippen LogP contribution in [0.15, 0.2) is 73.3 Å². The van der Waals surface area contributed by atoms with Crippen LogP contribution >= 0.6 is 0 Å². The van der Waals surface area contributed by atoms with Gasteiger partial charge in [-0.3, -0.25) is 9.59 Å². The van der Waals surface area contributed by atoms with Crippen molar-refractivity contribution >= 4 is 17.6 Å². The maximum atomic E-state index is 11.4. The molecule has 0 atom stereocenters. The summed E-state index contributed by atoms with van der Waals surface area (Å²) in [7, 11) is 0. The number of hydrogen-bond donors (Lipinski definition) is 2. The van der Waals surface area contributed by atoms with Crippen molar-refractivity contribution in [1.29, 1.82) is 0 Å². The number of anilines is 1. The molecule has 162 valence electrons. The van der Waals surface area contributed by atoms with Gasteiger partial charge in [0, 0.05) is 42.1 Å². The Labute approximate surface area is 186 Å². The van der Waals surface area contributed by atoms with Crippen molar-refractivity contribution in [3.63, 3.8) is 0 Å². The number of amides is 1. The fourth-order valence-corrected chi connectivity index (χ4v) is 3.82. The monoisotopic (exact) mass is 428 g/mol. The molecule has 0 radical (unpaired) electrons. The molecule has 4 aromatic rings. The molecule has 2 heterocycles. The van der Waals surface area contributed by atoms with E-state index in [0.29, 0.717) is 6.42 Å². The first kappa shape index (κ1) is 21.1. The molecule has 0 bridgehead atoms. The Morgan fingerprint density at radius 2 is 1.84 bits per heavy atom. The molecule has 0 unspecified atom stereocenters. The predicted octanol–water partition coefficient (Wildman–Crippen LogP) is 4.61. The molecule has 7 heteroatoms. The van der Waals surface area contributed by atoms with Gasteiger partial charge in [0.1, 0.15) is 0 Å². The Balaban J connectivity index is 1.77. The van der Waals surface area contributed by atoms with E-state index in [1.165, 1.54) is 6.92 Å². The van der Waals surface area contributed by atoms with Gasteiger partial charge in [0.25, 0.3) is 0 Å². The third kappa shape index (κ3) is 4.46. The highest BCUT2D eigenvalue weighted by Gasteiger charge is 2.15. The smallest absolute Gasteiger partial charge is 0.303 e. The Morgan fingerprint density at radius 1 is 1.06 bits per heavy atom. The second-order valence-corrected chi connectivity index (χ2v) is 7.64. The summed E-state index contributed by atoms with van der Waals surface area (Å²) in [5.41, 5.74) is 6.55. The molecule has 1 amide bonds. The van der Waals surface area contributed by atoms with Crippen molar-refractivity contribution in [3.8, 4) is 22.6 Å². The molecular weight excluding hydrogens is 404 g/mol. The molecule has 2 N–H and O–H groups in total. The zero-order valence-corrected chi connectivity index (χ0v) is 17.9. The Morgan fingerprint density at radius 3 is 2.47 bits per heavy atom. The number of aliphatic carboxylic acids is 1. The Bertz CT molecular complexity index is 1260. The minimum absolute atomic E-state index is 0.0477. The van der Waals surface area contributed by atoms with Crippen molar-refractivity contribution in [3.05, 3.63) is 84.6 Å². The summed E-state index contributed by atoms with van der Waals surface area (Å²) in [4.78, 5) is 26.7. The van der Waals surface area contributed by atoms with Crippen LogP contribution in [0.4, 0.5) is 5.69 Å². The molecule has 0 aliphatic carbocycles. The van der Waals surface area contributed by atoms with E-state index in [0.717, 1.165) is 39.6 Å². The largest absolute Gasteiger partial charge is 0.481 e. The normalized spacial score (nSPS) is 10.8. The van der Waals surface area contributed by atoms with Gasteiger partial charge < -0.3 is 19.6 Å². The SMILES string of the molecule is CC(=O)Nc1ccc(-n2c(CCC(=O)O)ccc2-c2ccc(-n3ccnc3)cc2)c(C)c1. The third-order valence-electron chi connectivity index (χ3n) is 5.28. The van der Waals surface area contributed by atoms with Gasteiger partial charge in [-0.15, -0.1) is 0 Å². The van der Waals surface area contributed by atoms with E-state index >= 15 is 0 Å². The highest BCUT2D eigenvalue weighted by Crippen LogP contribution is 2.31. The molecular formula is C25H24N4O3. The topological polar surface area (TPSA) is 89.1 Å². The minimum atomic E-state index is -0.832. The number of carbonyl (C=O) groups is 2. The first-order valence-corrected chi connectivity index (χ1v) is 10.3. The number of benzene rings is 2. The fourth-order valence-electron chi connectivity index (χ4n) is 3.82. The van der Waals surface area contributed by atoms with Crippen molar-refractivity contribution in [2.45, 2.75) is 26.7 Å². The molecule has 7 nitrogen and oxygen atoms in total. The minimum Gasteiger partial charge on any atom is -0.481 e. The summed E-state index contributed by atoms with van der Waals surface area (Å²) in [6.07, 6.45) is 5.84. The summed E-state index contributed by atoms with van der Waals surface area (Å²) in [5.74, 6) is -0.958. The molecule has 0 saturated heterocycles. The van der Waals surface area contributed by atoms with Crippen LogP contribution in [0.5, 0.6) is 0 Å². The number of nitrogens with zero attached hydrogens (tertiary/aromatic N) is 3. The molecule has 4 rings (SSSR count). The van der Waals surface area contributed by atoms with E-state index in [2.05, 4.69) is 14.9 Å². The average molecular weight is 428 g/mol. The molecule has 2 aromatic heterocycles. The van der Waals surface area contributed by atoms with Crippen LogP contribution in [0.2, 0.25) is 0 Å². The van der Waals surface area contributed by atoms with Crippen LogP contribution in [0, 0.1) is 6.92 Å². The van der Waals surface area contributed by atoms with Gasteiger partial charge in [-0.25, -0.2) is 4.98 Å². The van der Waals surface area contributed by atoms with Crippen LogP contribution in [-0.2, 0) is 16.0 Å². The van der Waals surface area contributed by atoms with Gasteiger partial charge in [0.2, 0.25) is 5.91 Å². The van der Waals surface area contributed by atoms with Crippen molar-refractivity contribution in [2.24, 2.45) is 0 Å². The Hall–Kier alpha value is -4.13. The van der Waals surface area contributed by atoms with Gasteiger partial charge in [0.15, 0.2) is 0 Å². The maximum Gasteiger partial charge on any atom is 0.303 e. The van der Waals surface area contributed by atoms with E-state index in [4.69, 9.17) is 0 Å². The van der Waals surface area contributed by atoms with E-state index in [9.17, 15) is 14.7 Å². The lowest BCUT2D eigenvalue weighted by Gasteiger charge is -2.17. The molecule has 0 fully saturated rings. The zero-order valence-electron chi connectivity index (χ0n) is 17.9. The lowest BCUT2D eigenvalue weighted by atomic mass is 10.1. The van der Waals surface area contributed by atoms with Gasteiger partial charge in [-0.05, 0) is 66.9 Å². The van der Waals surface area contributed by atoms with Gasteiger partial charge in [0.05, 0.1) is 18.4 Å². The molecule has 32 heavy (non-hydrogen) atoms. The zero-order chi connectivity index (χ0) is 22.7. The molecule has 0 aliphatic heterocycles. The highest BCUT2D eigenvalue weighted by atomic mass is 16.4. The van der Waals surface area contributed by atoms with Crippen molar-refractivity contribution in [2.75, 3.05) is 5.32 Å². The first-order chi connectivity index (χ1) is 15.4. The van der Waals surface area contributed by atoms with Crippen molar-refractivity contribution < 1.29 is 14.7 Å². The van der Waals surface area contributed by atoms with E-state index in [-0.39, 0.29) is 12.3 Å². The lowest BCUT2D eigenvalue weighted by molar-refractivity contribution is -0.137. The molecule has 0 saturated carbocycles. The van der Waals surface area contributed by atoms with Crippen LogP contribution < -0.4 is 5.32 Å². The number of imidazole rings is 1. The molecule has 2 aromatic carbocycles. The second kappa shape index (κ2) is 8.93. The van der Waals surface area contributed by atoms with Crippen molar-refractivity contribution in [1.82, 2.24) is 14.1 Å². The lowest BCUT2D eigenvalue weighted by Crippen LogP contribution is -2.09. The maximum absolute atomic E-state index is 11.4. The summed E-state index contributed by atoms with van der Waals surface area (Å²) in [6.45, 7) is 3.46. The summed E-state index contributed by atoms with van der Waals surface area (Å²) < 4.78 is 4.04. The summed E-state index contributed by atoms with van der Waals surface area (Å²) in [6, 6.07) is 17.9. The molecule has 0 spiro atoms. The number of carboxylic acids is 1. The van der Waals surface area contributed by atoms with Gasteiger partial charge in [-0.1, -0.05) is 12.1 Å². The van der Waals surface area contributed by atoms with Crippen LogP contribution in [0.3, 0.4) is 0 Å². The van der Waals surface area contributed by atoms with Gasteiger partial charge in [-0.2, -0.15) is 0 Å². The number of aromatic nitrogens is 3. The number of rotatable bonds is 7. The van der Waals surface area contributed by atoms with Crippen LogP contribution in [-0.4, -0.2) is 31.1 Å². The van der Waals surface area contributed by atoms with Crippen LogP contribution in [0.25, 0.3) is 22.6 Å². The van der Waals surface area contributed by atoms with E-state index in [1.54, 1.807) is 12.5 Å². The van der Waals surface area contributed by atoms with E-state index in [1.807, 2.05) is 72.3 Å². The predicted molar refractivity (Wildman–Crippen MR) is 123 cm³/mol. The second-order valence-electron chi connectivity index (χ2n) is 7.64. The highest BCUT2D eigenvalue weighted by molar-refractivity contribution is 5.89. The number of hydrogen-bond acceptors (Lipinski definition) is 3. The Kier molecular flexibility index (Phi) is 5.89. The average Bonchev–Trinajstić information content (AvgIpc) is 3.42. The fraction of sp³-hybridized carbons (Fsp3) is 0.160.